The molecule has 0 rings (SSSR count). The van der Waals surface area contributed by atoms with Crippen LogP contribution in [0.15, 0.2) is 0 Å². The molecule has 0 radical (unpaired) electrons. The van der Waals surface area contributed by atoms with Crippen molar-refractivity contribution in [2.24, 2.45) is 0 Å². The van der Waals surface area contributed by atoms with Crippen molar-refractivity contribution >= 4 is 6.09 Å². The standard InChI is InChI=1S/C10H18F3NO3/c1-5-6(7(15)10(11,12)13)14-8(16)17-9(2,3)4/h6-7,15H,5H2,1-4H3,(H,14,16). The highest BCUT2D eigenvalue weighted by Gasteiger charge is 2.43. The molecule has 2 N–H and O–H groups in total. The Morgan fingerprint density at radius 2 is 1.82 bits per heavy atom. The summed E-state index contributed by atoms with van der Waals surface area (Å²) in [5.41, 5.74) is -0.800. The average Bonchev–Trinajstić information content (AvgIpc) is 2.08. The predicted molar refractivity (Wildman–Crippen MR) is 55.5 cm³/mol. The first-order chi connectivity index (χ1) is 7.47. The first-order valence-corrected chi connectivity index (χ1v) is 5.21. The number of amides is 1. The lowest BCUT2D eigenvalue weighted by Crippen LogP contribution is -2.50. The quantitative estimate of drug-likeness (QED) is 0.815. The van der Waals surface area contributed by atoms with E-state index in [-0.39, 0.29) is 6.42 Å². The number of carbonyl (C=O) groups excluding carboxylic acids is 1. The van der Waals surface area contributed by atoms with E-state index in [1.165, 1.54) is 6.92 Å². The van der Waals surface area contributed by atoms with E-state index < -0.39 is 30.0 Å². The van der Waals surface area contributed by atoms with Gasteiger partial charge in [0.05, 0.1) is 6.04 Å². The fourth-order valence-corrected chi connectivity index (χ4v) is 1.09. The van der Waals surface area contributed by atoms with Gasteiger partial charge in [0, 0.05) is 0 Å². The van der Waals surface area contributed by atoms with Crippen molar-refractivity contribution in [2.75, 3.05) is 0 Å². The fraction of sp³-hybridized carbons (Fsp3) is 0.900. The Morgan fingerprint density at radius 3 is 2.12 bits per heavy atom. The summed E-state index contributed by atoms with van der Waals surface area (Å²) in [5.74, 6) is 0. The number of rotatable bonds is 3. The number of hydrogen-bond acceptors (Lipinski definition) is 3. The third-order valence-corrected chi connectivity index (χ3v) is 1.86. The van der Waals surface area contributed by atoms with Crippen molar-refractivity contribution in [3.8, 4) is 0 Å². The van der Waals surface area contributed by atoms with Gasteiger partial charge in [-0.05, 0) is 27.2 Å². The number of alkyl halides is 3. The maximum atomic E-state index is 12.2. The van der Waals surface area contributed by atoms with Gasteiger partial charge >= 0.3 is 12.3 Å². The van der Waals surface area contributed by atoms with Gasteiger partial charge in [0.25, 0.3) is 0 Å². The van der Waals surface area contributed by atoms with Crippen molar-refractivity contribution in [1.29, 1.82) is 0 Å². The Bertz CT molecular complexity index is 261. The number of aliphatic hydroxyl groups excluding tert-OH is 1. The molecule has 0 saturated carbocycles. The summed E-state index contributed by atoms with van der Waals surface area (Å²) in [6.45, 7) is 6.20. The molecule has 0 aromatic heterocycles. The molecule has 0 spiro atoms. The average molecular weight is 257 g/mol. The second-order valence-electron chi connectivity index (χ2n) is 4.65. The molecule has 1 amide bonds. The van der Waals surface area contributed by atoms with Crippen LogP contribution >= 0.6 is 0 Å². The van der Waals surface area contributed by atoms with Crippen LogP contribution in [0.1, 0.15) is 34.1 Å². The van der Waals surface area contributed by atoms with Gasteiger partial charge in [-0.25, -0.2) is 4.79 Å². The Balaban J connectivity index is 4.47. The lowest BCUT2D eigenvalue weighted by molar-refractivity contribution is -0.211. The molecular weight excluding hydrogens is 239 g/mol. The summed E-state index contributed by atoms with van der Waals surface area (Å²) in [6.07, 6.45) is -8.40. The fourth-order valence-electron chi connectivity index (χ4n) is 1.09. The summed E-state index contributed by atoms with van der Waals surface area (Å²) in [6, 6.07) is -1.41. The SMILES string of the molecule is CCC(NC(=O)OC(C)(C)C)C(O)C(F)(F)F. The summed E-state index contributed by atoms with van der Waals surface area (Å²) in [7, 11) is 0. The Hall–Kier alpha value is -0.980. The lowest BCUT2D eigenvalue weighted by atomic mass is 10.1. The number of halogens is 3. The van der Waals surface area contributed by atoms with Gasteiger partial charge in [-0.15, -0.1) is 0 Å². The number of ether oxygens (including phenoxy) is 1. The highest BCUT2D eigenvalue weighted by atomic mass is 19.4. The van der Waals surface area contributed by atoms with Crippen LogP contribution in [0.5, 0.6) is 0 Å². The highest BCUT2D eigenvalue weighted by Crippen LogP contribution is 2.23. The molecule has 2 unspecified atom stereocenters. The molecule has 0 saturated heterocycles. The first-order valence-electron chi connectivity index (χ1n) is 5.21. The molecule has 0 heterocycles. The van der Waals surface area contributed by atoms with E-state index in [0.29, 0.717) is 0 Å². The van der Waals surface area contributed by atoms with Crippen LogP contribution in [0.4, 0.5) is 18.0 Å². The molecular formula is C10H18F3NO3. The number of alkyl carbamates (subject to hydrolysis) is 1. The van der Waals surface area contributed by atoms with Crippen LogP contribution in [0, 0.1) is 0 Å². The maximum Gasteiger partial charge on any atom is 0.416 e. The maximum absolute atomic E-state index is 12.2. The molecule has 4 nitrogen and oxygen atoms in total. The molecule has 0 bridgehead atoms. The molecule has 102 valence electrons. The van der Waals surface area contributed by atoms with E-state index in [1.807, 2.05) is 5.32 Å². The van der Waals surface area contributed by atoms with Crippen LogP contribution in [0.3, 0.4) is 0 Å². The third kappa shape index (κ3) is 6.35. The zero-order valence-corrected chi connectivity index (χ0v) is 10.3. The smallest absolute Gasteiger partial charge is 0.416 e. The van der Waals surface area contributed by atoms with E-state index in [2.05, 4.69) is 0 Å². The highest BCUT2D eigenvalue weighted by molar-refractivity contribution is 5.68. The molecule has 17 heavy (non-hydrogen) atoms. The molecule has 0 fully saturated rings. The molecule has 7 heteroatoms. The molecule has 2 atom stereocenters. The Morgan fingerprint density at radius 1 is 1.35 bits per heavy atom. The zero-order valence-electron chi connectivity index (χ0n) is 10.3. The molecule has 0 aliphatic heterocycles. The van der Waals surface area contributed by atoms with Gasteiger partial charge in [-0.2, -0.15) is 13.2 Å². The van der Waals surface area contributed by atoms with Gasteiger partial charge in [0.1, 0.15) is 5.60 Å². The Kier molecular flexibility index (Phi) is 5.25. The largest absolute Gasteiger partial charge is 0.444 e. The van der Waals surface area contributed by atoms with E-state index >= 15 is 0 Å². The van der Waals surface area contributed by atoms with Crippen LogP contribution < -0.4 is 5.32 Å². The second kappa shape index (κ2) is 5.57. The van der Waals surface area contributed by atoms with Gasteiger partial charge in [-0.1, -0.05) is 6.92 Å². The summed E-state index contributed by atoms with van der Waals surface area (Å²) in [4.78, 5) is 11.2. The van der Waals surface area contributed by atoms with Crippen molar-refractivity contribution in [3.63, 3.8) is 0 Å². The van der Waals surface area contributed by atoms with Crippen molar-refractivity contribution in [1.82, 2.24) is 5.32 Å². The van der Waals surface area contributed by atoms with Crippen LogP contribution in [-0.2, 0) is 4.74 Å². The minimum absolute atomic E-state index is 0.0556. The van der Waals surface area contributed by atoms with Crippen molar-refractivity contribution < 1.29 is 27.8 Å². The molecule has 0 aliphatic carbocycles. The number of hydrogen-bond donors (Lipinski definition) is 2. The number of aliphatic hydroxyl groups is 1. The molecule has 0 aromatic carbocycles. The predicted octanol–water partition coefficient (Wildman–Crippen LogP) is 2.21. The summed E-state index contributed by atoms with van der Waals surface area (Å²) < 4.78 is 41.5. The van der Waals surface area contributed by atoms with Gasteiger partial charge in [0.15, 0.2) is 6.10 Å². The number of carbonyl (C=O) groups is 1. The van der Waals surface area contributed by atoms with E-state index in [4.69, 9.17) is 9.84 Å². The van der Waals surface area contributed by atoms with Crippen LogP contribution in [0.25, 0.3) is 0 Å². The minimum atomic E-state index is -4.77. The second-order valence-corrected chi connectivity index (χ2v) is 4.65. The van der Waals surface area contributed by atoms with E-state index in [9.17, 15) is 18.0 Å². The lowest BCUT2D eigenvalue weighted by Gasteiger charge is -2.26. The summed E-state index contributed by atoms with van der Waals surface area (Å²) in [5, 5.41) is 11.0. The first kappa shape index (κ1) is 16.0. The van der Waals surface area contributed by atoms with Gasteiger partial charge in [-0.3, -0.25) is 0 Å². The van der Waals surface area contributed by atoms with Crippen molar-refractivity contribution in [3.05, 3.63) is 0 Å². The van der Waals surface area contributed by atoms with Crippen LogP contribution in [-0.4, -0.2) is 35.1 Å². The Labute approximate surface area is 98.1 Å². The third-order valence-electron chi connectivity index (χ3n) is 1.86. The van der Waals surface area contributed by atoms with Gasteiger partial charge < -0.3 is 15.2 Å². The number of nitrogens with one attached hydrogen (secondary N) is 1. The van der Waals surface area contributed by atoms with Crippen molar-refractivity contribution in [2.45, 2.75) is 58.0 Å². The molecule has 0 aliphatic rings. The molecule has 0 aromatic rings. The monoisotopic (exact) mass is 257 g/mol. The topological polar surface area (TPSA) is 58.6 Å². The van der Waals surface area contributed by atoms with E-state index in [0.717, 1.165) is 0 Å². The minimum Gasteiger partial charge on any atom is -0.444 e. The normalized spacial score (nSPS) is 16.2. The zero-order chi connectivity index (χ0) is 13.9. The van der Waals surface area contributed by atoms with E-state index in [1.54, 1.807) is 20.8 Å². The van der Waals surface area contributed by atoms with Gasteiger partial charge in [0.2, 0.25) is 0 Å². The summed E-state index contributed by atoms with van der Waals surface area (Å²) >= 11 is 0. The van der Waals surface area contributed by atoms with Crippen LogP contribution in [0.2, 0.25) is 0 Å².